The summed E-state index contributed by atoms with van der Waals surface area (Å²) in [6, 6.07) is 2.99. The summed E-state index contributed by atoms with van der Waals surface area (Å²) in [7, 11) is 3.04. The first-order valence-electron chi connectivity index (χ1n) is 6.66. The van der Waals surface area contributed by atoms with Crippen LogP contribution in [-0.4, -0.2) is 43.3 Å². The van der Waals surface area contributed by atoms with E-state index in [1.165, 1.54) is 20.3 Å². The minimum Gasteiger partial charge on any atom is -0.507 e. The van der Waals surface area contributed by atoms with Gasteiger partial charge in [-0.05, 0) is 5.92 Å². The number of aliphatic hydroxyl groups excluding tert-OH is 1. The lowest BCUT2D eigenvalue weighted by atomic mass is 10.0. The normalized spacial score (nSPS) is 14.2. The first kappa shape index (κ1) is 16.3. The second-order valence-electron chi connectivity index (χ2n) is 4.68. The van der Waals surface area contributed by atoms with Gasteiger partial charge in [0.05, 0.1) is 32.4 Å². The third-order valence-electron chi connectivity index (χ3n) is 3.43. The van der Waals surface area contributed by atoms with Gasteiger partial charge in [-0.1, -0.05) is 20.3 Å². The summed E-state index contributed by atoms with van der Waals surface area (Å²) >= 11 is 0. The Kier molecular flexibility index (Phi) is 6.31. The average Bonchev–Trinajstić information content (AvgIpc) is 2.47. The zero-order valence-corrected chi connectivity index (χ0v) is 12.5. The summed E-state index contributed by atoms with van der Waals surface area (Å²) in [5.41, 5.74) is 0.482. The van der Waals surface area contributed by atoms with Crippen molar-refractivity contribution in [2.45, 2.75) is 26.3 Å². The lowest BCUT2D eigenvalue weighted by Gasteiger charge is -2.16. The fourth-order valence-corrected chi connectivity index (χ4v) is 1.82. The van der Waals surface area contributed by atoms with Crippen LogP contribution < -0.4 is 9.47 Å². The number of ether oxygens (including phenoxy) is 2. The van der Waals surface area contributed by atoms with Gasteiger partial charge in [0.2, 0.25) is 0 Å². The van der Waals surface area contributed by atoms with Crippen molar-refractivity contribution < 1.29 is 19.7 Å². The minimum absolute atomic E-state index is 0.0231. The number of aliphatic imine (C=N–C) groups is 1. The number of hydrogen-bond acceptors (Lipinski definition) is 5. The van der Waals surface area contributed by atoms with Crippen LogP contribution in [0.4, 0.5) is 0 Å². The molecule has 1 aromatic carbocycles. The van der Waals surface area contributed by atoms with E-state index >= 15 is 0 Å². The van der Waals surface area contributed by atoms with Crippen LogP contribution >= 0.6 is 0 Å². The molecule has 5 heteroatoms. The SMILES string of the molecule is CCC(C)C(CO)N=Cc1c(O)cc(OC)cc1OC. The molecule has 0 fully saturated rings. The van der Waals surface area contributed by atoms with Crippen molar-refractivity contribution in [3.63, 3.8) is 0 Å². The third-order valence-corrected chi connectivity index (χ3v) is 3.43. The second-order valence-corrected chi connectivity index (χ2v) is 4.68. The molecule has 1 rings (SSSR count). The van der Waals surface area contributed by atoms with Gasteiger partial charge in [-0.3, -0.25) is 4.99 Å². The van der Waals surface area contributed by atoms with Crippen LogP contribution in [0.5, 0.6) is 17.2 Å². The molecule has 0 heterocycles. The molecule has 0 aliphatic heterocycles. The first-order valence-corrected chi connectivity index (χ1v) is 6.66. The number of aliphatic hydroxyl groups is 1. The molecule has 0 bridgehead atoms. The Morgan fingerprint density at radius 2 is 2.00 bits per heavy atom. The molecule has 112 valence electrons. The number of hydrogen-bond donors (Lipinski definition) is 2. The topological polar surface area (TPSA) is 71.3 Å². The zero-order valence-electron chi connectivity index (χ0n) is 12.5. The van der Waals surface area contributed by atoms with Crippen LogP contribution in [0.2, 0.25) is 0 Å². The van der Waals surface area contributed by atoms with Gasteiger partial charge in [-0.25, -0.2) is 0 Å². The highest BCUT2D eigenvalue weighted by atomic mass is 16.5. The maximum absolute atomic E-state index is 10.0. The summed E-state index contributed by atoms with van der Waals surface area (Å²) in [6.45, 7) is 4.06. The fraction of sp³-hybridized carbons (Fsp3) is 0.533. The molecule has 0 aliphatic rings. The number of aromatic hydroxyl groups is 1. The Bertz CT molecular complexity index is 459. The van der Waals surface area contributed by atoms with E-state index in [9.17, 15) is 10.2 Å². The van der Waals surface area contributed by atoms with Crippen molar-refractivity contribution in [2.24, 2.45) is 10.9 Å². The molecular weight excluding hydrogens is 258 g/mol. The highest BCUT2D eigenvalue weighted by molar-refractivity contribution is 5.88. The van der Waals surface area contributed by atoms with Crippen LogP contribution in [0.1, 0.15) is 25.8 Å². The smallest absolute Gasteiger partial charge is 0.135 e. The Hall–Kier alpha value is -1.75. The monoisotopic (exact) mass is 281 g/mol. The highest BCUT2D eigenvalue weighted by Crippen LogP contribution is 2.32. The van der Waals surface area contributed by atoms with E-state index < -0.39 is 0 Å². The first-order chi connectivity index (χ1) is 9.57. The van der Waals surface area contributed by atoms with Crippen molar-refractivity contribution in [3.05, 3.63) is 17.7 Å². The van der Waals surface area contributed by atoms with Gasteiger partial charge in [-0.15, -0.1) is 0 Å². The average molecular weight is 281 g/mol. The quantitative estimate of drug-likeness (QED) is 0.752. The predicted octanol–water partition coefficient (Wildman–Crippen LogP) is 2.24. The predicted molar refractivity (Wildman–Crippen MR) is 79.1 cm³/mol. The van der Waals surface area contributed by atoms with Gasteiger partial charge in [0.25, 0.3) is 0 Å². The lowest BCUT2D eigenvalue weighted by molar-refractivity contribution is 0.232. The Morgan fingerprint density at radius 3 is 2.50 bits per heavy atom. The highest BCUT2D eigenvalue weighted by Gasteiger charge is 2.14. The van der Waals surface area contributed by atoms with Gasteiger partial charge in [0.1, 0.15) is 17.2 Å². The Labute approximate surface area is 119 Å². The number of benzene rings is 1. The molecule has 0 radical (unpaired) electrons. The van der Waals surface area contributed by atoms with E-state index in [1.54, 1.807) is 12.3 Å². The van der Waals surface area contributed by atoms with Gasteiger partial charge in [0.15, 0.2) is 0 Å². The number of phenols is 1. The van der Waals surface area contributed by atoms with Crippen molar-refractivity contribution >= 4 is 6.21 Å². The molecule has 1 aromatic rings. The van der Waals surface area contributed by atoms with Gasteiger partial charge >= 0.3 is 0 Å². The van der Waals surface area contributed by atoms with E-state index in [0.29, 0.717) is 17.1 Å². The molecular formula is C15H23NO4. The molecule has 5 nitrogen and oxygen atoms in total. The van der Waals surface area contributed by atoms with Gasteiger partial charge in [0, 0.05) is 18.3 Å². The number of rotatable bonds is 7. The summed E-state index contributed by atoms with van der Waals surface area (Å²) in [4.78, 5) is 4.35. The summed E-state index contributed by atoms with van der Waals surface area (Å²) < 4.78 is 10.3. The standard InChI is InChI=1S/C15H23NO4/c1-5-10(2)13(9-17)16-8-12-14(18)6-11(19-3)7-15(12)20-4/h6-8,10,13,17-18H,5,9H2,1-4H3. The van der Waals surface area contributed by atoms with Crippen LogP contribution in [0, 0.1) is 5.92 Å². The van der Waals surface area contributed by atoms with Crippen molar-refractivity contribution in [3.8, 4) is 17.2 Å². The minimum atomic E-state index is -0.189. The molecule has 2 atom stereocenters. The van der Waals surface area contributed by atoms with Crippen molar-refractivity contribution in [1.29, 1.82) is 0 Å². The molecule has 2 unspecified atom stereocenters. The molecule has 0 saturated carbocycles. The fourth-order valence-electron chi connectivity index (χ4n) is 1.82. The zero-order chi connectivity index (χ0) is 15.1. The molecule has 0 aliphatic carbocycles. The van der Waals surface area contributed by atoms with E-state index in [-0.39, 0.29) is 24.3 Å². The number of phenolic OH excluding ortho intramolecular Hbond substituents is 1. The molecule has 2 N–H and O–H groups in total. The van der Waals surface area contributed by atoms with E-state index in [1.807, 2.05) is 13.8 Å². The van der Waals surface area contributed by atoms with Crippen LogP contribution in [-0.2, 0) is 0 Å². The Morgan fingerprint density at radius 1 is 1.30 bits per heavy atom. The van der Waals surface area contributed by atoms with Gasteiger partial charge in [-0.2, -0.15) is 0 Å². The number of nitrogens with zero attached hydrogens (tertiary/aromatic N) is 1. The maximum atomic E-state index is 10.0. The van der Waals surface area contributed by atoms with Crippen LogP contribution in [0.3, 0.4) is 0 Å². The Balaban J connectivity index is 3.07. The second kappa shape index (κ2) is 7.75. The van der Waals surface area contributed by atoms with Crippen molar-refractivity contribution in [1.82, 2.24) is 0 Å². The summed E-state index contributed by atoms with van der Waals surface area (Å²) in [5, 5.41) is 19.4. The molecule has 0 amide bonds. The van der Waals surface area contributed by atoms with Crippen molar-refractivity contribution in [2.75, 3.05) is 20.8 Å². The van der Waals surface area contributed by atoms with Gasteiger partial charge < -0.3 is 19.7 Å². The van der Waals surface area contributed by atoms with Crippen LogP contribution in [0.15, 0.2) is 17.1 Å². The lowest BCUT2D eigenvalue weighted by Crippen LogP contribution is -2.19. The molecule has 0 saturated heterocycles. The molecule has 0 aromatic heterocycles. The van der Waals surface area contributed by atoms with E-state index in [2.05, 4.69) is 4.99 Å². The van der Waals surface area contributed by atoms with Crippen LogP contribution in [0.25, 0.3) is 0 Å². The molecule has 0 spiro atoms. The van der Waals surface area contributed by atoms with E-state index in [4.69, 9.17) is 9.47 Å². The maximum Gasteiger partial charge on any atom is 0.135 e. The van der Waals surface area contributed by atoms with E-state index in [0.717, 1.165) is 6.42 Å². The molecule has 20 heavy (non-hydrogen) atoms. The number of methoxy groups -OCH3 is 2. The largest absolute Gasteiger partial charge is 0.507 e. The third kappa shape index (κ3) is 3.87. The summed E-state index contributed by atoms with van der Waals surface area (Å²) in [5.74, 6) is 1.29. The summed E-state index contributed by atoms with van der Waals surface area (Å²) in [6.07, 6.45) is 2.47.